The maximum Gasteiger partial charge on any atom is 0.267 e. The maximum absolute atomic E-state index is 13.4. The molecule has 1 amide bonds. The number of ether oxygens (including phenoxy) is 1. The second kappa shape index (κ2) is 10.9. The number of anilines is 1. The van der Waals surface area contributed by atoms with E-state index in [-0.39, 0.29) is 11.5 Å². The first-order valence-corrected chi connectivity index (χ1v) is 12.2. The number of carbonyl (C=O) groups excluding carboxylic acids is 1. The van der Waals surface area contributed by atoms with Crippen molar-refractivity contribution < 1.29 is 9.53 Å². The molecule has 1 N–H and O–H groups in total. The zero-order valence-electron chi connectivity index (χ0n) is 19.1. The fourth-order valence-electron chi connectivity index (χ4n) is 3.65. The van der Waals surface area contributed by atoms with Crippen molar-refractivity contribution >= 4 is 51.7 Å². The fraction of sp³-hybridized carbons (Fsp3) is 0.348. The summed E-state index contributed by atoms with van der Waals surface area (Å²) in [5, 5.41) is 3.30. The van der Waals surface area contributed by atoms with E-state index >= 15 is 0 Å². The first-order valence-electron chi connectivity index (χ1n) is 11.0. The molecule has 0 saturated carbocycles. The van der Waals surface area contributed by atoms with Crippen molar-refractivity contribution in [3.63, 3.8) is 0 Å². The summed E-state index contributed by atoms with van der Waals surface area (Å²) in [6, 6.07) is 3.72. The molecule has 3 aromatic rings. The summed E-state index contributed by atoms with van der Waals surface area (Å²) in [5.74, 6) is 0.250. The van der Waals surface area contributed by atoms with E-state index in [4.69, 9.17) is 21.9 Å². The lowest BCUT2D eigenvalue weighted by molar-refractivity contribution is -0.122. The molecule has 0 spiro atoms. The van der Waals surface area contributed by atoms with Gasteiger partial charge < -0.3 is 14.6 Å². The van der Waals surface area contributed by atoms with Crippen LogP contribution in [0, 0.1) is 6.92 Å². The summed E-state index contributed by atoms with van der Waals surface area (Å²) < 4.78 is 9.06. The summed E-state index contributed by atoms with van der Waals surface area (Å²) in [6.45, 7) is 4.32. The Bertz CT molecular complexity index is 1290. The van der Waals surface area contributed by atoms with Crippen molar-refractivity contribution in [3.8, 4) is 0 Å². The lowest BCUT2D eigenvalue weighted by atomic mass is 10.2. The number of amides is 1. The minimum absolute atomic E-state index is 0.203. The molecule has 9 nitrogen and oxygen atoms in total. The molecule has 11 heteroatoms. The zero-order valence-corrected chi connectivity index (χ0v) is 20.7. The van der Waals surface area contributed by atoms with Gasteiger partial charge in [0.05, 0.1) is 16.8 Å². The number of carbonyl (C=O) groups is 1. The topological polar surface area (TPSA) is 93.8 Å². The van der Waals surface area contributed by atoms with Crippen LogP contribution in [0.4, 0.5) is 5.82 Å². The number of nitrogens with one attached hydrogen (secondary N) is 1. The highest BCUT2D eigenvalue weighted by Gasteiger charge is 2.32. The molecule has 0 unspecified atom stereocenters. The van der Waals surface area contributed by atoms with Gasteiger partial charge in [-0.1, -0.05) is 30.0 Å². The summed E-state index contributed by atoms with van der Waals surface area (Å²) in [5.41, 5.74) is 1.56. The normalized spacial score (nSPS) is 15.1. The van der Waals surface area contributed by atoms with Gasteiger partial charge in [0, 0.05) is 51.9 Å². The number of imidazole rings is 1. The molecule has 178 valence electrons. The number of rotatable bonds is 10. The quantitative estimate of drug-likeness (QED) is 0.259. The van der Waals surface area contributed by atoms with Crippen molar-refractivity contribution in [2.24, 2.45) is 0 Å². The molecule has 1 aliphatic rings. The van der Waals surface area contributed by atoms with Crippen molar-refractivity contribution in [1.29, 1.82) is 0 Å². The molecule has 3 aromatic heterocycles. The minimum atomic E-state index is -0.240. The first kappa shape index (κ1) is 24.1. The fourth-order valence-corrected chi connectivity index (χ4v) is 4.95. The van der Waals surface area contributed by atoms with Crippen LogP contribution in [0.1, 0.15) is 24.0 Å². The number of hydrogen-bond donors (Lipinski definition) is 1. The third kappa shape index (κ3) is 5.21. The highest BCUT2D eigenvalue weighted by atomic mass is 32.2. The number of thiocarbonyl (C=S) groups is 1. The number of methoxy groups -OCH3 is 1. The molecular formula is C23H26N6O3S2. The molecule has 34 heavy (non-hydrogen) atoms. The molecule has 4 rings (SSSR count). The van der Waals surface area contributed by atoms with Crippen LogP contribution in [0.5, 0.6) is 0 Å². The highest BCUT2D eigenvalue weighted by molar-refractivity contribution is 8.26. The van der Waals surface area contributed by atoms with Crippen LogP contribution in [-0.4, -0.2) is 60.9 Å². The summed E-state index contributed by atoms with van der Waals surface area (Å²) in [7, 11) is 1.62. The van der Waals surface area contributed by atoms with E-state index in [1.165, 1.54) is 16.2 Å². The molecule has 4 heterocycles. The van der Waals surface area contributed by atoms with Crippen molar-refractivity contribution in [1.82, 2.24) is 23.8 Å². The number of thioether (sulfide) groups is 1. The van der Waals surface area contributed by atoms with E-state index in [9.17, 15) is 9.59 Å². The van der Waals surface area contributed by atoms with E-state index < -0.39 is 0 Å². The van der Waals surface area contributed by atoms with E-state index in [1.807, 2.05) is 29.8 Å². The minimum Gasteiger partial charge on any atom is -0.385 e. The Balaban J connectivity index is 1.64. The third-order valence-electron chi connectivity index (χ3n) is 5.41. The average molecular weight is 499 g/mol. The summed E-state index contributed by atoms with van der Waals surface area (Å²) in [6.07, 6.45) is 10.2. The largest absolute Gasteiger partial charge is 0.385 e. The van der Waals surface area contributed by atoms with Crippen LogP contribution < -0.4 is 10.9 Å². The zero-order chi connectivity index (χ0) is 24.1. The number of pyridine rings is 1. The summed E-state index contributed by atoms with van der Waals surface area (Å²) >= 11 is 6.61. The van der Waals surface area contributed by atoms with Crippen LogP contribution in [-0.2, 0) is 16.1 Å². The second-order valence-corrected chi connectivity index (χ2v) is 9.50. The molecule has 0 radical (unpaired) electrons. The van der Waals surface area contributed by atoms with E-state index in [0.717, 1.165) is 18.5 Å². The Morgan fingerprint density at radius 3 is 2.85 bits per heavy atom. The van der Waals surface area contributed by atoms with Gasteiger partial charge in [0.2, 0.25) is 0 Å². The SMILES string of the molecule is COCCCN1C(=O)/C(=C/c2c(NCCCn3ccnc3)nc3c(C)cccn3c2=O)SC1=S. The molecule has 0 aromatic carbocycles. The van der Waals surface area contributed by atoms with Gasteiger partial charge in [-0.05, 0) is 37.5 Å². The Morgan fingerprint density at radius 2 is 2.09 bits per heavy atom. The van der Waals surface area contributed by atoms with Gasteiger partial charge in [0.1, 0.15) is 15.8 Å². The van der Waals surface area contributed by atoms with Gasteiger partial charge in [0.25, 0.3) is 11.5 Å². The van der Waals surface area contributed by atoms with Crippen LogP contribution in [0.15, 0.2) is 46.8 Å². The van der Waals surface area contributed by atoms with E-state index in [1.54, 1.807) is 36.8 Å². The molecule has 1 fully saturated rings. The Hall–Kier alpha value is -3.02. The molecule has 0 bridgehead atoms. The van der Waals surface area contributed by atoms with Gasteiger partial charge in [-0.3, -0.25) is 18.9 Å². The average Bonchev–Trinajstić information content (AvgIpc) is 3.43. The number of aryl methyl sites for hydroxylation is 2. The van der Waals surface area contributed by atoms with Crippen molar-refractivity contribution in [3.05, 3.63) is 63.4 Å². The standard InChI is InChI=1S/C23H26N6O3S2/c1-16-6-3-10-28-20(16)26-19(25-7-4-9-27-12-8-24-15-27)17(21(28)30)14-18-22(31)29(23(33)34-18)11-5-13-32-2/h3,6,8,10,12,14-15,25H,4-5,7,9,11,13H2,1-2H3/b18-14-. The Labute approximate surface area is 206 Å². The smallest absolute Gasteiger partial charge is 0.267 e. The number of aromatic nitrogens is 4. The Morgan fingerprint density at radius 1 is 1.24 bits per heavy atom. The van der Waals surface area contributed by atoms with Gasteiger partial charge in [0.15, 0.2) is 0 Å². The van der Waals surface area contributed by atoms with E-state index in [0.29, 0.717) is 52.4 Å². The number of fused-ring (bicyclic) bond motifs is 1. The van der Waals surface area contributed by atoms with Crippen molar-refractivity contribution in [2.75, 3.05) is 32.1 Å². The maximum atomic E-state index is 13.4. The summed E-state index contributed by atoms with van der Waals surface area (Å²) in [4.78, 5) is 37.2. The number of hydrogen-bond acceptors (Lipinski definition) is 8. The molecule has 1 aliphatic heterocycles. The predicted octanol–water partition coefficient (Wildman–Crippen LogP) is 2.94. The predicted molar refractivity (Wildman–Crippen MR) is 138 cm³/mol. The van der Waals surface area contributed by atoms with Gasteiger partial charge in [-0.25, -0.2) is 9.97 Å². The van der Waals surface area contributed by atoms with Crippen molar-refractivity contribution in [2.45, 2.75) is 26.3 Å². The van der Waals surface area contributed by atoms with E-state index in [2.05, 4.69) is 10.3 Å². The van der Waals surface area contributed by atoms with Crippen LogP contribution in [0.2, 0.25) is 0 Å². The third-order valence-corrected chi connectivity index (χ3v) is 6.79. The molecule has 1 saturated heterocycles. The number of nitrogens with zero attached hydrogens (tertiary/aromatic N) is 5. The highest BCUT2D eigenvalue weighted by Crippen LogP contribution is 2.33. The lowest BCUT2D eigenvalue weighted by Gasteiger charge is -2.14. The first-order chi connectivity index (χ1) is 16.5. The lowest BCUT2D eigenvalue weighted by Crippen LogP contribution is -2.29. The van der Waals surface area contributed by atoms with Crippen LogP contribution in [0.25, 0.3) is 11.7 Å². The van der Waals surface area contributed by atoms with Crippen LogP contribution in [0.3, 0.4) is 0 Å². The van der Waals surface area contributed by atoms with Gasteiger partial charge in [-0.2, -0.15) is 0 Å². The molecular weight excluding hydrogens is 472 g/mol. The second-order valence-electron chi connectivity index (χ2n) is 7.82. The van der Waals surface area contributed by atoms with Gasteiger partial charge in [-0.15, -0.1) is 0 Å². The molecule has 0 aliphatic carbocycles. The van der Waals surface area contributed by atoms with Crippen LogP contribution >= 0.6 is 24.0 Å². The molecule has 0 atom stereocenters. The monoisotopic (exact) mass is 498 g/mol. The Kier molecular flexibility index (Phi) is 7.76. The van der Waals surface area contributed by atoms with Gasteiger partial charge >= 0.3 is 0 Å².